The molecule has 0 unspecified atom stereocenters. The number of imidazole rings is 1. The summed E-state index contributed by atoms with van der Waals surface area (Å²) in [6.07, 6.45) is -0.576. The molecule has 3 nitrogen and oxygen atoms in total. The lowest BCUT2D eigenvalue weighted by Crippen LogP contribution is -2.07. The Kier molecular flexibility index (Phi) is 3.28. The van der Waals surface area contributed by atoms with Crippen LogP contribution in [0.1, 0.15) is 30.0 Å². The Morgan fingerprint density at radius 1 is 1.10 bits per heavy atom. The SMILES string of the molecule is Cc1ccc(Cn2c([C@H](C)O)nc3ccccc32)cc1. The Bertz CT molecular complexity index is 726. The normalized spacial score (nSPS) is 12.8. The lowest BCUT2D eigenvalue weighted by Gasteiger charge is -2.11. The molecule has 0 saturated heterocycles. The molecule has 0 aliphatic carbocycles. The van der Waals surface area contributed by atoms with Gasteiger partial charge in [-0.25, -0.2) is 4.98 Å². The summed E-state index contributed by atoms with van der Waals surface area (Å²) in [6, 6.07) is 16.5. The third kappa shape index (κ3) is 2.32. The zero-order valence-electron chi connectivity index (χ0n) is 11.7. The summed E-state index contributed by atoms with van der Waals surface area (Å²) in [7, 11) is 0. The van der Waals surface area contributed by atoms with E-state index in [9.17, 15) is 5.11 Å². The zero-order valence-corrected chi connectivity index (χ0v) is 11.7. The predicted octanol–water partition coefficient (Wildman–Crippen LogP) is 3.45. The molecule has 3 heteroatoms. The van der Waals surface area contributed by atoms with Gasteiger partial charge in [-0.1, -0.05) is 42.0 Å². The number of aromatic nitrogens is 2. The van der Waals surface area contributed by atoms with E-state index in [0.717, 1.165) is 17.6 Å². The molecule has 3 aromatic rings. The van der Waals surface area contributed by atoms with Crippen molar-refractivity contribution in [3.05, 3.63) is 65.5 Å². The van der Waals surface area contributed by atoms with E-state index in [0.29, 0.717) is 5.82 Å². The number of fused-ring (bicyclic) bond motifs is 1. The van der Waals surface area contributed by atoms with E-state index in [1.165, 1.54) is 11.1 Å². The van der Waals surface area contributed by atoms with Gasteiger partial charge >= 0.3 is 0 Å². The van der Waals surface area contributed by atoms with E-state index in [-0.39, 0.29) is 0 Å². The number of hydrogen-bond donors (Lipinski definition) is 1. The third-order valence-electron chi connectivity index (χ3n) is 3.52. The first kappa shape index (κ1) is 12.9. The van der Waals surface area contributed by atoms with Crippen molar-refractivity contribution in [1.29, 1.82) is 0 Å². The first-order valence-corrected chi connectivity index (χ1v) is 6.84. The van der Waals surface area contributed by atoms with Gasteiger partial charge in [0.25, 0.3) is 0 Å². The van der Waals surface area contributed by atoms with E-state index in [4.69, 9.17) is 0 Å². The lowest BCUT2D eigenvalue weighted by molar-refractivity contribution is 0.185. The second-order valence-corrected chi connectivity index (χ2v) is 5.21. The standard InChI is InChI=1S/C17H18N2O/c1-12-7-9-14(10-8-12)11-19-16-6-4-3-5-15(16)18-17(19)13(2)20/h3-10,13,20H,11H2,1-2H3/t13-/m0/s1. The Hall–Kier alpha value is -2.13. The van der Waals surface area contributed by atoms with Crippen LogP contribution in [-0.4, -0.2) is 14.7 Å². The van der Waals surface area contributed by atoms with Crippen molar-refractivity contribution in [2.75, 3.05) is 0 Å². The Labute approximate surface area is 118 Å². The number of nitrogens with zero attached hydrogens (tertiary/aromatic N) is 2. The number of para-hydroxylation sites is 2. The molecule has 0 fully saturated rings. The summed E-state index contributed by atoms with van der Waals surface area (Å²) in [5.41, 5.74) is 4.44. The summed E-state index contributed by atoms with van der Waals surface area (Å²) in [6.45, 7) is 4.56. The average Bonchev–Trinajstić information content (AvgIpc) is 2.81. The van der Waals surface area contributed by atoms with Gasteiger partial charge in [-0.05, 0) is 31.5 Å². The van der Waals surface area contributed by atoms with E-state index in [1.807, 2.05) is 24.3 Å². The number of aliphatic hydroxyl groups is 1. The third-order valence-corrected chi connectivity index (χ3v) is 3.52. The first-order chi connectivity index (χ1) is 9.65. The smallest absolute Gasteiger partial charge is 0.138 e. The topological polar surface area (TPSA) is 38.0 Å². The minimum absolute atomic E-state index is 0.576. The van der Waals surface area contributed by atoms with Crippen LogP contribution in [0.2, 0.25) is 0 Å². The molecule has 0 saturated carbocycles. The number of aliphatic hydroxyl groups excluding tert-OH is 1. The van der Waals surface area contributed by atoms with Crippen molar-refractivity contribution in [3.63, 3.8) is 0 Å². The fourth-order valence-corrected chi connectivity index (χ4v) is 2.46. The van der Waals surface area contributed by atoms with Crippen molar-refractivity contribution in [1.82, 2.24) is 9.55 Å². The van der Waals surface area contributed by atoms with Crippen molar-refractivity contribution in [2.24, 2.45) is 0 Å². The second-order valence-electron chi connectivity index (χ2n) is 5.21. The lowest BCUT2D eigenvalue weighted by atomic mass is 10.1. The number of aryl methyl sites for hydroxylation is 1. The molecular formula is C17H18N2O. The Morgan fingerprint density at radius 3 is 2.50 bits per heavy atom. The van der Waals surface area contributed by atoms with Crippen LogP contribution in [0.15, 0.2) is 48.5 Å². The largest absolute Gasteiger partial charge is 0.385 e. The van der Waals surface area contributed by atoms with Crippen molar-refractivity contribution in [2.45, 2.75) is 26.5 Å². The minimum atomic E-state index is -0.576. The Morgan fingerprint density at radius 2 is 1.80 bits per heavy atom. The van der Waals surface area contributed by atoms with Gasteiger partial charge in [-0.2, -0.15) is 0 Å². The number of rotatable bonds is 3. The van der Waals surface area contributed by atoms with Crippen molar-refractivity contribution < 1.29 is 5.11 Å². The Balaban J connectivity index is 2.09. The second kappa shape index (κ2) is 5.10. The molecule has 0 amide bonds. The van der Waals surface area contributed by atoms with Crippen molar-refractivity contribution in [3.8, 4) is 0 Å². The molecule has 1 N–H and O–H groups in total. The van der Waals surface area contributed by atoms with E-state index in [1.54, 1.807) is 6.92 Å². The number of hydrogen-bond acceptors (Lipinski definition) is 2. The monoisotopic (exact) mass is 266 g/mol. The van der Waals surface area contributed by atoms with Crippen LogP contribution in [0, 0.1) is 6.92 Å². The van der Waals surface area contributed by atoms with Gasteiger partial charge < -0.3 is 9.67 Å². The zero-order chi connectivity index (χ0) is 14.1. The average molecular weight is 266 g/mol. The fraction of sp³-hybridized carbons (Fsp3) is 0.235. The molecule has 1 aromatic heterocycles. The molecule has 1 atom stereocenters. The molecule has 3 rings (SSSR count). The van der Waals surface area contributed by atoms with Gasteiger partial charge in [0.05, 0.1) is 11.0 Å². The molecule has 0 radical (unpaired) electrons. The maximum absolute atomic E-state index is 9.94. The summed E-state index contributed by atoms with van der Waals surface area (Å²) < 4.78 is 2.09. The predicted molar refractivity (Wildman–Crippen MR) is 80.6 cm³/mol. The van der Waals surface area contributed by atoms with E-state index >= 15 is 0 Å². The highest BCUT2D eigenvalue weighted by Crippen LogP contribution is 2.22. The molecule has 0 aliphatic heterocycles. The molecule has 102 valence electrons. The van der Waals surface area contributed by atoms with Crippen LogP contribution < -0.4 is 0 Å². The van der Waals surface area contributed by atoms with Gasteiger partial charge in [0, 0.05) is 6.54 Å². The maximum Gasteiger partial charge on any atom is 0.138 e. The fourth-order valence-electron chi connectivity index (χ4n) is 2.46. The molecule has 1 heterocycles. The van der Waals surface area contributed by atoms with Gasteiger partial charge in [-0.15, -0.1) is 0 Å². The molecule has 0 aliphatic rings. The summed E-state index contributed by atoms with van der Waals surface area (Å²) >= 11 is 0. The van der Waals surface area contributed by atoms with Gasteiger partial charge in [0.2, 0.25) is 0 Å². The van der Waals surface area contributed by atoms with Gasteiger partial charge in [0.15, 0.2) is 0 Å². The van der Waals surface area contributed by atoms with Gasteiger partial charge in [-0.3, -0.25) is 0 Å². The molecule has 20 heavy (non-hydrogen) atoms. The number of benzene rings is 2. The maximum atomic E-state index is 9.94. The van der Waals surface area contributed by atoms with Crippen LogP contribution in [0.4, 0.5) is 0 Å². The molecule has 0 spiro atoms. The van der Waals surface area contributed by atoms with Crippen molar-refractivity contribution >= 4 is 11.0 Å². The molecule has 2 aromatic carbocycles. The van der Waals surface area contributed by atoms with Crippen LogP contribution >= 0.6 is 0 Å². The summed E-state index contributed by atoms with van der Waals surface area (Å²) in [5.74, 6) is 0.715. The van der Waals surface area contributed by atoms with Crippen LogP contribution in [0.3, 0.4) is 0 Å². The summed E-state index contributed by atoms with van der Waals surface area (Å²) in [4.78, 5) is 4.54. The summed E-state index contributed by atoms with van der Waals surface area (Å²) in [5, 5.41) is 9.94. The minimum Gasteiger partial charge on any atom is -0.385 e. The first-order valence-electron chi connectivity index (χ1n) is 6.84. The molecular weight excluding hydrogens is 248 g/mol. The van der Waals surface area contributed by atoms with Crippen LogP contribution in [-0.2, 0) is 6.54 Å². The highest BCUT2D eigenvalue weighted by Gasteiger charge is 2.14. The quantitative estimate of drug-likeness (QED) is 0.788. The van der Waals surface area contributed by atoms with Gasteiger partial charge in [0.1, 0.15) is 11.9 Å². The van der Waals surface area contributed by atoms with E-state index < -0.39 is 6.10 Å². The highest BCUT2D eigenvalue weighted by atomic mass is 16.3. The van der Waals surface area contributed by atoms with Crippen LogP contribution in [0.5, 0.6) is 0 Å². The highest BCUT2D eigenvalue weighted by molar-refractivity contribution is 5.76. The molecule has 0 bridgehead atoms. The van der Waals surface area contributed by atoms with Crippen LogP contribution in [0.25, 0.3) is 11.0 Å². The van der Waals surface area contributed by atoms with E-state index in [2.05, 4.69) is 40.7 Å².